The fourth-order valence-corrected chi connectivity index (χ4v) is 2.87. The Labute approximate surface area is 142 Å². The second-order valence-corrected chi connectivity index (χ2v) is 7.31. The molecule has 3 N–H and O–H groups in total. The number of anilines is 1. The third-order valence-corrected chi connectivity index (χ3v) is 4.35. The molecule has 1 aliphatic rings. The van der Waals surface area contributed by atoms with Gasteiger partial charge in [0.25, 0.3) is 5.91 Å². The van der Waals surface area contributed by atoms with E-state index >= 15 is 0 Å². The fourth-order valence-electron chi connectivity index (χ4n) is 2.87. The molecule has 128 valence electrons. The summed E-state index contributed by atoms with van der Waals surface area (Å²) in [5, 5.41) is 6.56. The van der Waals surface area contributed by atoms with Crippen LogP contribution in [-0.4, -0.2) is 40.2 Å². The van der Waals surface area contributed by atoms with Crippen molar-refractivity contribution < 1.29 is 9.53 Å². The molecule has 2 aromatic rings. The van der Waals surface area contributed by atoms with Crippen molar-refractivity contribution in [1.29, 1.82) is 0 Å². The number of carbonyl (C=O) groups excluding carboxylic acids is 1. The number of nitrogens with one attached hydrogen (secondary N) is 1. The number of benzene rings is 1. The summed E-state index contributed by atoms with van der Waals surface area (Å²) in [6.45, 7) is 7.44. The molecule has 2 atom stereocenters. The molecule has 24 heavy (non-hydrogen) atoms. The van der Waals surface area contributed by atoms with Gasteiger partial charge in [-0.1, -0.05) is 51.1 Å². The third kappa shape index (κ3) is 3.43. The molecular weight excluding hydrogens is 304 g/mol. The summed E-state index contributed by atoms with van der Waals surface area (Å²) >= 11 is 0. The number of carbonyl (C=O) groups is 1. The summed E-state index contributed by atoms with van der Waals surface area (Å²) < 4.78 is 6.31. The fraction of sp³-hybridized carbons (Fsp3) is 0.444. The topological polar surface area (TPSA) is 84.2 Å². The molecule has 0 aliphatic carbocycles. The van der Waals surface area contributed by atoms with Crippen molar-refractivity contribution in [2.75, 3.05) is 18.8 Å². The summed E-state index contributed by atoms with van der Waals surface area (Å²) in [4.78, 5) is 14.6. The minimum atomic E-state index is -0.145. The molecule has 1 aromatic carbocycles. The summed E-state index contributed by atoms with van der Waals surface area (Å²) in [6, 6.07) is 11.6. The number of nitrogens with two attached hydrogens (primary N) is 1. The zero-order valence-corrected chi connectivity index (χ0v) is 14.3. The van der Waals surface area contributed by atoms with Crippen LogP contribution < -0.4 is 5.73 Å². The van der Waals surface area contributed by atoms with Gasteiger partial charge in [-0.2, -0.15) is 5.10 Å². The Morgan fingerprint density at radius 2 is 2.00 bits per heavy atom. The van der Waals surface area contributed by atoms with Crippen LogP contribution >= 0.6 is 0 Å². The first-order chi connectivity index (χ1) is 11.3. The summed E-state index contributed by atoms with van der Waals surface area (Å²) in [5.41, 5.74) is 7.04. The Bertz CT molecular complexity index is 705. The van der Waals surface area contributed by atoms with Gasteiger partial charge in [-0.05, 0) is 11.0 Å². The average Bonchev–Trinajstić information content (AvgIpc) is 3.00. The number of rotatable bonds is 2. The van der Waals surface area contributed by atoms with Gasteiger partial charge in [0.15, 0.2) is 0 Å². The molecule has 0 radical (unpaired) electrons. The first kappa shape index (κ1) is 16.5. The Kier molecular flexibility index (Phi) is 4.32. The quantitative estimate of drug-likeness (QED) is 0.887. The van der Waals surface area contributed by atoms with Crippen molar-refractivity contribution in [3.05, 3.63) is 47.7 Å². The highest BCUT2D eigenvalue weighted by molar-refractivity contribution is 5.93. The zero-order chi connectivity index (χ0) is 17.3. The van der Waals surface area contributed by atoms with Gasteiger partial charge < -0.3 is 15.4 Å². The van der Waals surface area contributed by atoms with Crippen molar-refractivity contribution in [3.63, 3.8) is 0 Å². The van der Waals surface area contributed by atoms with Crippen LogP contribution in [0.25, 0.3) is 0 Å². The normalized spacial score (nSPS) is 21.7. The van der Waals surface area contributed by atoms with Crippen molar-refractivity contribution in [2.24, 2.45) is 5.41 Å². The third-order valence-electron chi connectivity index (χ3n) is 4.35. The molecule has 6 heteroatoms. The second-order valence-electron chi connectivity index (χ2n) is 7.31. The maximum Gasteiger partial charge on any atom is 0.272 e. The SMILES string of the molecule is CC(C)(C)[C@H]1CN(C(=O)c2cc(N)n[nH]2)C[C@@H](c2ccccc2)O1. The highest BCUT2D eigenvalue weighted by Gasteiger charge is 2.38. The molecule has 0 bridgehead atoms. The highest BCUT2D eigenvalue weighted by Crippen LogP contribution is 2.33. The molecule has 3 rings (SSSR count). The maximum atomic E-state index is 12.8. The number of nitrogens with zero attached hydrogens (tertiary/aromatic N) is 2. The number of hydrogen-bond acceptors (Lipinski definition) is 4. The number of aromatic amines is 1. The van der Waals surface area contributed by atoms with E-state index in [9.17, 15) is 4.79 Å². The molecule has 1 amide bonds. The molecule has 6 nitrogen and oxygen atoms in total. The van der Waals surface area contributed by atoms with Crippen LogP contribution in [0.2, 0.25) is 0 Å². The van der Waals surface area contributed by atoms with E-state index in [1.807, 2.05) is 35.2 Å². The minimum absolute atomic E-state index is 0.0549. The van der Waals surface area contributed by atoms with E-state index in [0.29, 0.717) is 24.6 Å². The van der Waals surface area contributed by atoms with Crippen LogP contribution in [0.4, 0.5) is 5.82 Å². The number of morpholine rings is 1. The second kappa shape index (κ2) is 6.28. The number of ether oxygens (including phenoxy) is 1. The largest absolute Gasteiger partial charge is 0.382 e. The molecule has 1 fully saturated rings. The van der Waals surface area contributed by atoms with Gasteiger partial charge in [0, 0.05) is 12.6 Å². The van der Waals surface area contributed by atoms with Gasteiger partial charge in [0.2, 0.25) is 0 Å². The molecule has 0 saturated carbocycles. The van der Waals surface area contributed by atoms with Gasteiger partial charge in [-0.25, -0.2) is 0 Å². The lowest BCUT2D eigenvalue weighted by molar-refractivity contribution is -0.119. The van der Waals surface area contributed by atoms with E-state index in [2.05, 4.69) is 31.0 Å². The molecule has 2 heterocycles. The monoisotopic (exact) mass is 328 g/mol. The smallest absolute Gasteiger partial charge is 0.272 e. The van der Waals surface area contributed by atoms with E-state index in [-0.39, 0.29) is 23.5 Å². The Hall–Kier alpha value is -2.34. The Morgan fingerprint density at radius 1 is 1.29 bits per heavy atom. The van der Waals surface area contributed by atoms with Crippen molar-refractivity contribution in [1.82, 2.24) is 15.1 Å². The predicted molar refractivity (Wildman–Crippen MR) is 92.4 cm³/mol. The van der Waals surface area contributed by atoms with Crippen molar-refractivity contribution in [2.45, 2.75) is 33.0 Å². The zero-order valence-electron chi connectivity index (χ0n) is 14.3. The van der Waals surface area contributed by atoms with E-state index in [1.165, 1.54) is 0 Å². The van der Waals surface area contributed by atoms with E-state index in [0.717, 1.165) is 5.56 Å². The van der Waals surface area contributed by atoms with Crippen molar-refractivity contribution in [3.8, 4) is 0 Å². The first-order valence-electron chi connectivity index (χ1n) is 8.15. The van der Waals surface area contributed by atoms with Gasteiger partial charge in [-0.15, -0.1) is 0 Å². The van der Waals surface area contributed by atoms with Gasteiger partial charge in [-0.3, -0.25) is 9.89 Å². The molecule has 0 unspecified atom stereocenters. The average molecular weight is 328 g/mol. The molecular formula is C18H24N4O2. The van der Waals surface area contributed by atoms with E-state index in [1.54, 1.807) is 6.07 Å². The standard InChI is InChI=1S/C18H24N4O2/c1-18(2,3)15-11-22(17(23)13-9-16(19)21-20-13)10-14(24-15)12-7-5-4-6-8-12/h4-9,14-15H,10-11H2,1-3H3,(H3,19,20,21)/t14-,15+/m0/s1. The maximum absolute atomic E-state index is 12.8. The van der Waals surface area contributed by atoms with E-state index < -0.39 is 0 Å². The summed E-state index contributed by atoms with van der Waals surface area (Å²) in [6.07, 6.45) is -0.200. The summed E-state index contributed by atoms with van der Waals surface area (Å²) in [7, 11) is 0. The Morgan fingerprint density at radius 3 is 2.58 bits per heavy atom. The number of hydrogen-bond donors (Lipinski definition) is 2. The predicted octanol–water partition coefficient (Wildman–Crippen LogP) is 2.62. The molecule has 1 saturated heterocycles. The first-order valence-corrected chi connectivity index (χ1v) is 8.15. The highest BCUT2D eigenvalue weighted by atomic mass is 16.5. The molecule has 1 aliphatic heterocycles. The van der Waals surface area contributed by atoms with Crippen LogP contribution in [-0.2, 0) is 4.74 Å². The van der Waals surface area contributed by atoms with Crippen LogP contribution in [0.3, 0.4) is 0 Å². The number of aromatic nitrogens is 2. The Balaban J connectivity index is 1.87. The number of H-pyrrole nitrogens is 1. The number of amides is 1. The van der Waals surface area contributed by atoms with Gasteiger partial charge in [0.1, 0.15) is 17.6 Å². The van der Waals surface area contributed by atoms with Crippen LogP contribution in [0, 0.1) is 5.41 Å². The lowest BCUT2D eigenvalue weighted by Crippen LogP contribution is -2.51. The number of nitrogen functional groups attached to an aromatic ring is 1. The lowest BCUT2D eigenvalue weighted by atomic mass is 9.87. The van der Waals surface area contributed by atoms with Crippen LogP contribution in [0.1, 0.15) is 42.9 Å². The van der Waals surface area contributed by atoms with Crippen molar-refractivity contribution >= 4 is 11.7 Å². The minimum Gasteiger partial charge on any atom is -0.382 e. The van der Waals surface area contributed by atoms with Gasteiger partial charge >= 0.3 is 0 Å². The summed E-state index contributed by atoms with van der Waals surface area (Å²) in [5.74, 6) is 0.219. The lowest BCUT2D eigenvalue weighted by Gasteiger charge is -2.43. The van der Waals surface area contributed by atoms with E-state index in [4.69, 9.17) is 10.5 Å². The van der Waals surface area contributed by atoms with Crippen LogP contribution in [0.15, 0.2) is 36.4 Å². The van der Waals surface area contributed by atoms with Gasteiger partial charge in [0.05, 0.1) is 12.6 Å². The molecule has 1 aromatic heterocycles. The molecule has 0 spiro atoms. The van der Waals surface area contributed by atoms with Crippen LogP contribution in [0.5, 0.6) is 0 Å².